The van der Waals surface area contributed by atoms with Gasteiger partial charge in [0, 0.05) is 20.1 Å². The molecule has 0 saturated heterocycles. The van der Waals surface area contributed by atoms with E-state index in [0.29, 0.717) is 24.4 Å². The Labute approximate surface area is 128 Å². The largest absolute Gasteiger partial charge is 0.481 e. The van der Waals surface area contributed by atoms with E-state index in [1.807, 2.05) is 6.92 Å². The van der Waals surface area contributed by atoms with Gasteiger partial charge in [-0.3, -0.25) is 9.59 Å². The number of nitrogens with one attached hydrogen (secondary N) is 1. The lowest BCUT2D eigenvalue weighted by Crippen LogP contribution is -2.24. The number of carboxylic acid groups (broad SMARTS) is 1. The van der Waals surface area contributed by atoms with Crippen LogP contribution in [0.5, 0.6) is 0 Å². The Balaban J connectivity index is 2.23. The lowest BCUT2D eigenvalue weighted by molar-refractivity contribution is -0.137. The summed E-state index contributed by atoms with van der Waals surface area (Å²) in [6.45, 7) is 2.84. The molecule has 1 amide bonds. The summed E-state index contributed by atoms with van der Waals surface area (Å²) in [5.41, 5.74) is 0.728. The van der Waals surface area contributed by atoms with E-state index >= 15 is 0 Å². The average Bonchev–Trinajstić information content (AvgIpc) is 2.78. The van der Waals surface area contributed by atoms with Crippen molar-refractivity contribution in [2.24, 2.45) is 0 Å². The molecule has 0 aliphatic carbocycles. The average molecular weight is 314 g/mol. The molecule has 0 aromatic carbocycles. The highest BCUT2D eigenvalue weighted by molar-refractivity contribution is 7.13. The van der Waals surface area contributed by atoms with E-state index in [1.165, 1.54) is 11.3 Å². The van der Waals surface area contributed by atoms with E-state index < -0.39 is 5.97 Å². The second-order valence-corrected chi connectivity index (χ2v) is 5.85. The molecule has 1 rings (SSSR count). The Morgan fingerprint density at radius 3 is 2.67 bits per heavy atom. The third-order valence-electron chi connectivity index (χ3n) is 2.92. The molecule has 6 nitrogen and oxygen atoms in total. The van der Waals surface area contributed by atoms with Crippen molar-refractivity contribution in [3.63, 3.8) is 0 Å². The Morgan fingerprint density at radius 1 is 1.29 bits per heavy atom. The highest BCUT2D eigenvalue weighted by Crippen LogP contribution is 2.18. The SMILES string of the molecule is COCc1nc(C)c(C(=O)NCCCCCCC(=O)O)s1. The van der Waals surface area contributed by atoms with Gasteiger partial charge in [0.15, 0.2) is 0 Å². The molecule has 2 N–H and O–H groups in total. The van der Waals surface area contributed by atoms with Crippen molar-refractivity contribution in [3.05, 3.63) is 15.6 Å². The fourth-order valence-corrected chi connectivity index (χ4v) is 2.84. The van der Waals surface area contributed by atoms with Crippen LogP contribution in [0.4, 0.5) is 0 Å². The molecule has 1 aromatic rings. The summed E-state index contributed by atoms with van der Waals surface area (Å²) in [6.07, 6.45) is 3.56. The Hall–Kier alpha value is -1.47. The highest BCUT2D eigenvalue weighted by atomic mass is 32.1. The van der Waals surface area contributed by atoms with Crippen LogP contribution in [-0.4, -0.2) is 35.6 Å². The molecule has 0 aliphatic rings. The number of nitrogens with zero attached hydrogens (tertiary/aromatic N) is 1. The van der Waals surface area contributed by atoms with Gasteiger partial charge in [0.25, 0.3) is 5.91 Å². The van der Waals surface area contributed by atoms with Crippen LogP contribution in [0.2, 0.25) is 0 Å². The fourth-order valence-electron chi connectivity index (χ4n) is 1.89. The van der Waals surface area contributed by atoms with Crippen molar-refractivity contribution >= 4 is 23.2 Å². The second-order valence-electron chi connectivity index (χ2n) is 4.77. The van der Waals surface area contributed by atoms with E-state index in [-0.39, 0.29) is 12.3 Å². The normalized spacial score (nSPS) is 10.6. The molecule has 1 heterocycles. The van der Waals surface area contributed by atoms with Gasteiger partial charge in [-0.25, -0.2) is 4.98 Å². The first-order valence-corrected chi connectivity index (χ1v) is 7.81. The molecular weight excluding hydrogens is 292 g/mol. The molecule has 0 aliphatic heterocycles. The maximum absolute atomic E-state index is 12.0. The lowest BCUT2D eigenvalue weighted by Gasteiger charge is -2.03. The molecule has 7 heteroatoms. The number of unbranched alkanes of at least 4 members (excludes halogenated alkanes) is 3. The zero-order valence-electron chi connectivity index (χ0n) is 12.5. The van der Waals surface area contributed by atoms with Crippen molar-refractivity contribution in [1.29, 1.82) is 0 Å². The molecule has 1 aromatic heterocycles. The van der Waals surface area contributed by atoms with Crippen LogP contribution in [-0.2, 0) is 16.1 Å². The Kier molecular flexibility index (Phi) is 7.92. The quantitative estimate of drug-likeness (QED) is 0.647. The number of carboxylic acids is 1. The van der Waals surface area contributed by atoms with Crippen molar-refractivity contribution in [2.45, 2.75) is 45.6 Å². The lowest BCUT2D eigenvalue weighted by atomic mass is 10.1. The first-order valence-electron chi connectivity index (χ1n) is 6.99. The zero-order chi connectivity index (χ0) is 15.7. The Bertz CT molecular complexity index is 474. The summed E-state index contributed by atoms with van der Waals surface area (Å²) in [6, 6.07) is 0. The minimum Gasteiger partial charge on any atom is -0.481 e. The maximum Gasteiger partial charge on any atom is 0.303 e. The maximum atomic E-state index is 12.0. The summed E-state index contributed by atoms with van der Waals surface area (Å²) < 4.78 is 5.00. The second kappa shape index (κ2) is 9.46. The van der Waals surface area contributed by atoms with E-state index in [9.17, 15) is 9.59 Å². The van der Waals surface area contributed by atoms with Gasteiger partial charge >= 0.3 is 5.97 Å². The number of aliphatic carboxylic acids is 1. The van der Waals surface area contributed by atoms with Crippen LogP contribution in [0.25, 0.3) is 0 Å². The minimum absolute atomic E-state index is 0.0992. The number of rotatable bonds is 10. The monoisotopic (exact) mass is 314 g/mol. The third-order valence-corrected chi connectivity index (χ3v) is 4.05. The predicted molar refractivity (Wildman–Crippen MR) is 80.6 cm³/mol. The molecule has 0 spiro atoms. The van der Waals surface area contributed by atoms with E-state index in [1.54, 1.807) is 7.11 Å². The van der Waals surface area contributed by atoms with Gasteiger partial charge in [-0.2, -0.15) is 0 Å². The molecule has 118 valence electrons. The van der Waals surface area contributed by atoms with Gasteiger partial charge in [0.05, 0.1) is 12.3 Å². The van der Waals surface area contributed by atoms with Crippen LogP contribution in [0, 0.1) is 6.92 Å². The fraction of sp³-hybridized carbons (Fsp3) is 0.643. The van der Waals surface area contributed by atoms with Crippen molar-refractivity contribution < 1.29 is 19.4 Å². The van der Waals surface area contributed by atoms with Crippen LogP contribution < -0.4 is 5.32 Å². The van der Waals surface area contributed by atoms with Crippen LogP contribution in [0.15, 0.2) is 0 Å². The van der Waals surface area contributed by atoms with Gasteiger partial charge < -0.3 is 15.2 Å². The van der Waals surface area contributed by atoms with Gasteiger partial charge in [-0.1, -0.05) is 12.8 Å². The number of aryl methyl sites for hydroxylation is 1. The van der Waals surface area contributed by atoms with Gasteiger partial charge in [-0.15, -0.1) is 11.3 Å². The van der Waals surface area contributed by atoms with Gasteiger partial charge in [0.2, 0.25) is 0 Å². The zero-order valence-corrected chi connectivity index (χ0v) is 13.3. The summed E-state index contributed by atoms with van der Waals surface area (Å²) >= 11 is 1.35. The molecule has 0 atom stereocenters. The number of carbonyl (C=O) groups excluding carboxylic acids is 1. The number of amides is 1. The summed E-state index contributed by atoms with van der Waals surface area (Å²) in [4.78, 5) is 27.3. The highest BCUT2D eigenvalue weighted by Gasteiger charge is 2.14. The summed E-state index contributed by atoms with van der Waals surface area (Å²) in [7, 11) is 1.60. The molecule has 0 fully saturated rings. The minimum atomic E-state index is -0.754. The third kappa shape index (κ3) is 6.68. The first-order chi connectivity index (χ1) is 10.0. The summed E-state index contributed by atoms with van der Waals surface area (Å²) in [5, 5.41) is 12.2. The number of ether oxygens (including phenoxy) is 1. The predicted octanol–water partition coefficient (Wildman–Crippen LogP) is 2.36. The molecular formula is C14H22N2O4S. The van der Waals surface area contributed by atoms with E-state index in [4.69, 9.17) is 9.84 Å². The standard InChI is InChI=1S/C14H22N2O4S/c1-10-13(21-11(16-10)9-20-2)14(19)15-8-6-4-3-5-7-12(17)18/h3-9H2,1-2H3,(H,15,19)(H,17,18). The number of aromatic nitrogens is 1. The van der Waals surface area contributed by atoms with Crippen molar-refractivity contribution in [2.75, 3.05) is 13.7 Å². The molecule has 0 radical (unpaired) electrons. The number of methoxy groups -OCH3 is 1. The number of hydrogen-bond donors (Lipinski definition) is 2. The Morgan fingerprint density at radius 2 is 2.00 bits per heavy atom. The first kappa shape index (κ1) is 17.6. The smallest absolute Gasteiger partial charge is 0.303 e. The molecule has 21 heavy (non-hydrogen) atoms. The van der Waals surface area contributed by atoms with Crippen LogP contribution >= 0.6 is 11.3 Å². The van der Waals surface area contributed by atoms with Crippen molar-refractivity contribution in [3.8, 4) is 0 Å². The molecule has 0 unspecified atom stereocenters. The van der Waals surface area contributed by atoms with Crippen molar-refractivity contribution in [1.82, 2.24) is 10.3 Å². The number of hydrogen-bond acceptors (Lipinski definition) is 5. The van der Waals surface area contributed by atoms with Gasteiger partial charge in [-0.05, 0) is 19.8 Å². The van der Waals surface area contributed by atoms with E-state index in [2.05, 4.69) is 10.3 Å². The van der Waals surface area contributed by atoms with Crippen LogP contribution in [0.1, 0.15) is 52.5 Å². The topological polar surface area (TPSA) is 88.5 Å². The van der Waals surface area contributed by atoms with Gasteiger partial charge in [0.1, 0.15) is 9.88 Å². The summed E-state index contributed by atoms with van der Waals surface area (Å²) in [5.74, 6) is -0.853. The van der Waals surface area contributed by atoms with E-state index in [0.717, 1.165) is 30.0 Å². The molecule has 0 bridgehead atoms. The number of thiazole rings is 1. The molecule has 0 saturated carbocycles. The number of carbonyl (C=O) groups is 2. The van der Waals surface area contributed by atoms with Crippen LogP contribution in [0.3, 0.4) is 0 Å².